The molecule has 3 aromatic rings. The van der Waals surface area contributed by atoms with Crippen LogP contribution in [0.1, 0.15) is 47.4 Å². The van der Waals surface area contributed by atoms with Crippen LogP contribution in [-0.4, -0.2) is 21.6 Å². The number of anilines is 1. The third-order valence-corrected chi connectivity index (χ3v) is 5.18. The molecule has 0 aliphatic heterocycles. The number of nitrogens with one attached hydrogen (secondary N) is 2. The van der Waals surface area contributed by atoms with E-state index in [4.69, 9.17) is 11.6 Å². The summed E-state index contributed by atoms with van der Waals surface area (Å²) in [5.41, 5.74) is 3.15. The number of carbonyl (C=O) groups excluding carboxylic acids is 2. The molecule has 168 valence electrons. The summed E-state index contributed by atoms with van der Waals surface area (Å²) in [6.45, 7) is 6.28. The molecule has 32 heavy (non-hydrogen) atoms. The van der Waals surface area contributed by atoms with E-state index in [-0.39, 0.29) is 35.2 Å². The van der Waals surface area contributed by atoms with Crippen molar-refractivity contribution in [2.24, 2.45) is 5.92 Å². The number of amides is 2. The average molecular weight is 457 g/mol. The van der Waals surface area contributed by atoms with Crippen molar-refractivity contribution >= 4 is 29.1 Å². The monoisotopic (exact) mass is 456 g/mol. The quantitative estimate of drug-likeness (QED) is 0.503. The Labute approximate surface area is 191 Å². The zero-order chi connectivity index (χ0) is 23.3. The van der Waals surface area contributed by atoms with Gasteiger partial charge in [0, 0.05) is 18.7 Å². The minimum absolute atomic E-state index is 0.0443. The Morgan fingerprint density at radius 2 is 1.84 bits per heavy atom. The lowest BCUT2D eigenvalue weighted by Crippen LogP contribution is -2.23. The van der Waals surface area contributed by atoms with Crippen LogP contribution < -0.4 is 10.6 Å². The van der Waals surface area contributed by atoms with Crippen LogP contribution in [0.5, 0.6) is 0 Å². The highest BCUT2D eigenvalue weighted by Gasteiger charge is 2.20. The molecule has 0 fully saturated rings. The molecule has 0 aliphatic rings. The molecule has 0 saturated carbocycles. The van der Waals surface area contributed by atoms with Gasteiger partial charge in [-0.25, -0.2) is 9.07 Å². The van der Waals surface area contributed by atoms with Crippen LogP contribution in [-0.2, 0) is 17.9 Å². The predicted molar refractivity (Wildman–Crippen MR) is 123 cm³/mol. The van der Waals surface area contributed by atoms with Crippen LogP contribution in [0.3, 0.4) is 0 Å². The molecule has 0 aliphatic carbocycles. The fourth-order valence-electron chi connectivity index (χ4n) is 3.29. The van der Waals surface area contributed by atoms with Gasteiger partial charge in [-0.3, -0.25) is 9.59 Å². The van der Waals surface area contributed by atoms with Crippen molar-refractivity contribution in [1.82, 2.24) is 15.1 Å². The molecular weight excluding hydrogens is 431 g/mol. The summed E-state index contributed by atoms with van der Waals surface area (Å²) in [6, 6.07) is 13.4. The molecule has 3 rings (SSSR count). The fraction of sp³-hybridized carbons (Fsp3) is 0.292. The van der Waals surface area contributed by atoms with Gasteiger partial charge in [0.05, 0.1) is 17.8 Å². The molecule has 0 unspecified atom stereocenters. The van der Waals surface area contributed by atoms with E-state index in [0.29, 0.717) is 29.9 Å². The molecule has 0 atom stereocenters. The lowest BCUT2D eigenvalue weighted by molar-refractivity contribution is -0.116. The topological polar surface area (TPSA) is 76.0 Å². The van der Waals surface area contributed by atoms with Gasteiger partial charge in [0.25, 0.3) is 5.91 Å². The Bertz CT molecular complexity index is 1110. The third-order valence-electron chi connectivity index (χ3n) is 4.80. The predicted octanol–water partition coefficient (Wildman–Crippen LogP) is 4.95. The van der Waals surface area contributed by atoms with Crippen molar-refractivity contribution in [1.29, 1.82) is 0 Å². The second-order valence-corrected chi connectivity index (χ2v) is 8.42. The number of halogens is 2. The second kappa shape index (κ2) is 10.4. The normalized spacial score (nSPS) is 10.9. The van der Waals surface area contributed by atoms with Crippen molar-refractivity contribution in [3.63, 3.8) is 0 Å². The Hall–Kier alpha value is -3.19. The Balaban J connectivity index is 1.65. The van der Waals surface area contributed by atoms with E-state index in [9.17, 15) is 14.0 Å². The summed E-state index contributed by atoms with van der Waals surface area (Å²) in [7, 11) is 0. The van der Waals surface area contributed by atoms with E-state index in [1.54, 1.807) is 19.1 Å². The van der Waals surface area contributed by atoms with E-state index in [0.717, 1.165) is 11.1 Å². The standard InChI is InChI=1S/C24H26ClFN4O2/c1-15(2)11-21(31)28-20-6-4-5-18(12-20)13-27-24(32)22-16(3)29-30(23(22)25)14-17-7-9-19(26)10-8-17/h4-10,12,15H,11,13-14H2,1-3H3,(H,27,32)(H,28,31). The van der Waals surface area contributed by atoms with E-state index in [1.165, 1.54) is 16.8 Å². The highest BCUT2D eigenvalue weighted by molar-refractivity contribution is 6.33. The van der Waals surface area contributed by atoms with Crippen LogP contribution in [0.15, 0.2) is 48.5 Å². The lowest BCUT2D eigenvalue weighted by atomic mass is 10.1. The highest BCUT2D eigenvalue weighted by atomic mass is 35.5. The van der Waals surface area contributed by atoms with Gasteiger partial charge >= 0.3 is 0 Å². The number of nitrogens with zero attached hydrogens (tertiary/aromatic N) is 2. The second-order valence-electron chi connectivity index (χ2n) is 8.06. The van der Waals surface area contributed by atoms with Crippen molar-refractivity contribution < 1.29 is 14.0 Å². The van der Waals surface area contributed by atoms with Gasteiger partial charge < -0.3 is 10.6 Å². The van der Waals surface area contributed by atoms with Gasteiger partial charge in [-0.1, -0.05) is 49.7 Å². The highest BCUT2D eigenvalue weighted by Crippen LogP contribution is 2.21. The molecule has 6 nitrogen and oxygen atoms in total. The van der Waals surface area contributed by atoms with E-state index >= 15 is 0 Å². The van der Waals surface area contributed by atoms with E-state index in [1.807, 2.05) is 38.1 Å². The zero-order valence-corrected chi connectivity index (χ0v) is 19.0. The van der Waals surface area contributed by atoms with Crippen LogP contribution in [0.2, 0.25) is 5.15 Å². The van der Waals surface area contributed by atoms with Gasteiger partial charge in [-0.15, -0.1) is 0 Å². The minimum atomic E-state index is -0.341. The number of aryl methyl sites for hydroxylation is 1. The molecule has 2 amide bonds. The van der Waals surface area contributed by atoms with Crippen LogP contribution >= 0.6 is 11.6 Å². The van der Waals surface area contributed by atoms with Crippen LogP contribution in [0, 0.1) is 18.7 Å². The zero-order valence-electron chi connectivity index (χ0n) is 18.3. The summed E-state index contributed by atoms with van der Waals surface area (Å²) < 4.78 is 14.6. The largest absolute Gasteiger partial charge is 0.348 e. The number of hydrogen-bond acceptors (Lipinski definition) is 3. The Kier molecular flexibility index (Phi) is 7.64. The molecule has 2 N–H and O–H groups in total. The summed E-state index contributed by atoms with van der Waals surface area (Å²) in [5.74, 6) is -0.432. The molecule has 2 aromatic carbocycles. The first-order valence-electron chi connectivity index (χ1n) is 10.4. The molecule has 0 bridgehead atoms. The molecule has 8 heteroatoms. The van der Waals surface area contributed by atoms with E-state index < -0.39 is 0 Å². The summed E-state index contributed by atoms with van der Waals surface area (Å²) in [4.78, 5) is 24.8. The molecule has 1 aromatic heterocycles. The van der Waals surface area contributed by atoms with Crippen molar-refractivity contribution in [3.8, 4) is 0 Å². The summed E-state index contributed by atoms with van der Waals surface area (Å²) >= 11 is 6.43. The Morgan fingerprint density at radius 1 is 1.12 bits per heavy atom. The van der Waals surface area contributed by atoms with E-state index in [2.05, 4.69) is 15.7 Å². The fourth-order valence-corrected chi connectivity index (χ4v) is 3.61. The number of benzene rings is 2. The number of aromatic nitrogens is 2. The Morgan fingerprint density at radius 3 is 2.53 bits per heavy atom. The number of rotatable bonds is 8. The number of hydrogen-bond donors (Lipinski definition) is 2. The summed E-state index contributed by atoms with van der Waals surface area (Å²) in [5, 5.41) is 10.3. The van der Waals surface area contributed by atoms with Gasteiger partial charge in [0.2, 0.25) is 5.91 Å². The van der Waals surface area contributed by atoms with Gasteiger partial charge in [-0.05, 0) is 48.2 Å². The van der Waals surface area contributed by atoms with Crippen molar-refractivity contribution in [3.05, 3.63) is 81.9 Å². The number of carbonyl (C=O) groups is 2. The lowest BCUT2D eigenvalue weighted by Gasteiger charge is -2.10. The first-order valence-corrected chi connectivity index (χ1v) is 10.7. The maximum Gasteiger partial charge on any atom is 0.256 e. The SMILES string of the molecule is Cc1nn(Cc2ccc(F)cc2)c(Cl)c1C(=O)NCc1cccc(NC(=O)CC(C)C)c1. The van der Waals surface area contributed by atoms with Crippen LogP contribution in [0.4, 0.5) is 10.1 Å². The van der Waals surface area contributed by atoms with Gasteiger partial charge in [0.15, 0.2) is 0 Å². The molecular formula is C24H26ClFN4O2. The van der Waals surface area contributed by atoms with Gasteiger partial charge in [-0.2, -0.15) is 5.10 Å². The maximum absolute atomic E-state index is 13.1. The minimum Gasteiger partial charge on any atom is -0.348 e. The molecule has 1 heterocycles. The maximum atomic E-state index is 13.1. The van der Waals surface area contributed by atoms with Crippen LogP contribution in [0.25, 0.3) is 0 Å². The molecule has 0 saturated heterocycles. The van der Waals surface area contributed by atoms with Crippen molar-refractivity contribution in [2.75, 3.05) is 5.32 Å². The first-order chi connectivity index (χ1) is 15.2. The van der Waals surface area contributed by atoms with Crippen molar-refractivity contribution in [2.45, 2.75) is 40.3 Å². The third kappa shape index (κ3) is 6.17. The molecule has 0 radical (unpaired) electrons. The molecule has 0 spiro atoms. The summed E-state index contributed by atoms with van der Waals surface area (Å²) in [6.07, 6.45) is 0.445. The first kappa shape index (κ1) is 23.5. The van der Waals surface area contributed by atoms with Gasteiger partial charge in [0.1, 0.15) is 11.0 Å². The average Bonchev–Trinajstić information content (AvgIpc) is 3.00. The smallest absolute Gasteiger partial charge is 0.256 e.